The molecule has 9 heteroatoms. The third kappa shape index (κ3) is 3.00. The molecule has 3 N–H and O–H groups in total. The number of halogens is 2. The molecule has 0 spiro atoms. The minimum absolute atomic E-state index is 0.0363. The summed E-state index contributed by atoms with van der Waals surface area (Å²) in [6, 6.07) is 1.62. The van der Waals surface area contributed by atoms with Gasteiger partial charge in [-0.3, -0.25) is 0 Å². The van der Waals surface area contributed by atoms with Gasteiger partial charge in [0.2, 0.25) is 10.0 Å². The normalized spacial score (nSPS) is 11.8. The first-order valence-electron chi connectivity index (χ1n) is 5.49. The number of nitrogens with zero attached hydrogens (tertiary/aromatic N) is 1. The molecule has 0 amide bonds. The van der Waals surface area contributed by atoms with Crippen LogP contribution in [0.1, 0.15) is 11.3 Å². The summed E-state index contributed by atoms with van der Waals surface area (Å²) in [5.41, 5.74) is 0.429. The van der Waals surface area contributed by atoms with Crippen molar-refractivity contribution in [3.8, 4) is 0 Å². The van der Waals surface area contributed by atoms with Crippen LogP contribution in [0.2, 0.25) is 0 Å². The zero-order chi connectivity index (χ0) is 14.8. The molecular weight excluding hydrogens is 292 g/mol. The highest BCUT2D eigenvalue weighted by Gasteiger charge is 2.22. The molecule has 0 aliphatic heterocycles. The number of imidazole rings is 1. The van der Waals surface area contributed by atoms with E-state index in [-0.39, 0.29) is 12.1 Å². The summed E-state index contributed by atoms with van der Waals surface area (Å²) in [7, 11) is -4.25. The van der Waals surface area contributed by atoms with Gasteiger partial charge < -0.3 is 10.1 Å². The zero-order valence-electron chi connectivity index (χ0n) is 10.1. The van der Waals surface area contributed by atoms with E-state index in [2.05, 4.69) is 14.7 Å². The third-order valence-corrected chi connectivity index (χ3v) is 3.93. The summed E-state index contributed by atoms with van der Waals surface area (Å²) in [4.78, 5) is 5.51. The van der Waals surface area contributed by atoms with Crippen LogP contribution in [0.25, 0.3) is 0 Å². The first-order chi connectivity index (χ1) is 9.44. The van der Waals surface area contributed by atoms with Crippen LogP contribution in [-0.2, 0) is 23.2 Å². The van der Waals surface area contributed by atoms with E-state index in [1.807, 2.05) is 0 Å². The van der Waals surface area contributed by atoms with E-state index in [1.54, 1.807) is 0 Å². The van der Waals surface area contributed by atoms with E-state index in [0.717, 1.165) is 12.1 Å². The van der Waals surface area contributed by atoms with Crippen molar-refractivity contribution in [1.29, 1.82) is 0 Å². The van der Waals surface area contributed by atoms with E-state index in [4.69, 9.17) is 5.11 Å². The fraction of sp³-hybridized carbons (Fsp3) is 0.182. The minimum atomic E-state index is -4.25. The number of aliphatic hydroxyl groups excluding tert-OH is 1. The molecule has 0 bridgehead atoms. The fourth-order valence-electron chi connectivity index (χ4n) is 1.54. The van der Waals surface area contributed by atoms with Gasteiger partial charge in [0.05, 0.1) is 19.5 Å². The molecular formula is C11H11F2N3O3S. The minimum Gasteiger partial charge on any atom is -0.392 e. The molecule has 0 saturated heterocycles. The van der Waals surface area contributed by atoms with Crippen LogP contribution in [-0.4, -0.2) is 23.5 Å². The first-order valence-corrected chi connectivity index (χ1v) is 6.98. The SMILES string of the molecule is O=S(=O)(NCc1cnc[nH]1)c1cc(CO)cc(F)c1F. The number of rotatable bonds is 5. The van der Waals surface area contributed by atoms with Gasteiger partial charge in [-0.05, 0) is 17.7 Å². The quantitative estimate of drug-likeness (QED) is 0.756. The molecule has 1 heterocycles. The van der Waals surface area contributed by atoms with E-state index in [1.165, 1.54) is 12.5 Å². The molecule has 2 rings (SSSR count). The first kappa shape index (κ1) is 14.6. The van der Waals surface area contributed by atoms with E-state index < -0.39 is 33.2 Å². The molecule has 6 nitrogen and oxygen atoms in total. The van der Waals surface area contributed by atoms with Crippen molar-refractivity contribution in [1.82, 2.24) is 14.7 Å². The average Bonchev–Trinajstić information content (AvgIpc) is 2.92. The molecule has 20 heavy (non-hydrogen) atoms. The van der Waals surface area contributed by atoms with Crippen LogP contribution >= 0.6 is 0 Å². The van der Waals surface area contributed by atoms with E-state index >= 15 is 0 Å². The molecule has 0 saturated carbocycles. The fourth-order valence-corrected chi connectivity index (χ4v) is 2.68. The Balaban J connectivity index is 2.31. The predicted molar refractivity (Wildman–Crippen MR) is 64.9 cm³/mol. The van der Waals surface area contributed by atoms with Gasteiger partial charge in [-0.15, -0.1) is 0 Å². The van der Waals surface area contributed by atoms with Gasteiger partial charge in [-0.2, -0.15) is 0 Å². The highest BCUT2D eigenvalue weighted by atomic mass is 32.2. The van der Waals surface area contributed by atoms with Crippen molar-refractivity contribution in [3.05, 3.63) is 47.5 Å². The molecule has 108 valence electrons. The maximum Gasteiger partial charge on any atom is 0.243 e. The molecule has 0 radical (unpaired) electrons. The summed E-state index contributed by atoms with van der Waals surface area (Å²) in [6.07, 6.45) is 2.75. The number of aromatic amines is 1. The third-order valence-electron chi connectivity index (χ3n) is 2.53. The molecule has 0 aliphatic rings. The Bertz CT molecular complexity index is 702. The van der Waals surface area contributed by atoms with Crippen LogP contribution in [0.15, 0.2) is 29.6 Å². The van der Waals surface area contributed by atoms with Crippen LogP contribution in [0.5, 0.6) is 0 Å². The lowest BCUT2D eigenvalue weighted by molar-refractivity contribution is 0.280. The standard InChI is InChI=1S/C11H11F2N3O3S/c12-9-1-7(5-17)2-10(11(9)13)20(18,19)16-4-8-3-14-6-15-8/h1-3,6,16-17H,4-5H2,(H,14,15). The Kier molecular flexibility index (Phi) is 4.12. The van der Waals surface area contributed by atoms with E-state index in [0.29, 0.717) is 5.69 Å². The second-order valence-corrected chi connectivity index (χ2v) is 5.68. The predicted octanol–water partition coefficient (Wildman–Crippen LogP) is 0.659. The second-order valence-electron chi connectivity index (χ2n) is 3.95. The molecule has 1 aromatic heterocycles. The van der Waals surface area contributed by atoms with Crippen molar-refractivity contribution in [2.45, 2.75) is 18.0 Å². The number of aliphatic hydroxyl groups is 1. The highest BCUT2D eigenvalue weighted by Crippen LogP contribution is 2.20. The van der Waals surface area contributed by atoms with Crippen molar-refractivity contribution in [3.63, 3.8) is 0 Å². The van der Waals surface area contributed by atoms with Gasteiger partial charge in [-0.25, -0.2) is 26.9 Å². The van der Waals surface area contributed by atoms with Gasteiger partial charge in [0, 0.05) is 11.9 Å². The number of benzene rings is 1. The lowest BCUT2D eigenvalue weighted by atomic mass is 10.2. The maximum atomic E-state index is 13.6. The lowest BCUT2D eigenvalue weighted by Gasteiger charge is -2.09. The van der Waals surface area contributed by atoms with Gasteiger partial charge in [-0.1, -0.05) is 0 Å². The monoisotopic (exact) mass is 303 g/mol. The van der Waals surface area contributed by atoms with Gasteiger partial charge >= 0.3 is 0 Å². The Hall–Kier alpha value is -1.84. The zero-order valence-corrected chi connectivity index (χ0v) is 10.9. The summed E-state index contributed by atoms with van der Waals surface area (Å²) < 4.78 is 52.8. The van der Waals surface area contributed by atoms with Gasteiger partial charge in [0.15, 0.2) is 11.6 Å². The van der Waals surface area contributed by atoms with Gasteiger partial charge in [0.1, 0.15) is 4.90 Å². The Morgan fingerprint density at radius 2 is 2.10 bits per heavy atom. The molecule has 0 aliphatic carbocycles. The summed E-state index contributed by atoms with van der Waals surface area (Å²) in [6.45, 7) is -0.743. The molecule has 0 fully saturated rings. The largest absolute Gasteiger partial charge is 0.392 e. The van der Waals surface area contributed by atoms with Crippen molar-refractivity contribution in [2.75, 3.05) is 0 Å². The lowest BCUT2D eigenvalue weighted by Crippen LogP contribution is -2.25. The van der Waals surface area contributed by atoms with Crippen LogP contribution in [0.4, 0.5) is 8.78 Å². The number of nitrogens with one attached hydrogen (secondary N) is 2. The number of hydrogen-bond donors (Lipinski definition) is 3. The maximum absolute atomic E-state index is 13.6. The van der Waals surface area contributed by atoms with Crippen LogP contribution in [0, 0.1) is 11.6 Å². The van der Waals surface area contributed by atoms with Gasteiger partial charge in [0.25, 0.3) is 0 Å². The van der Waals surface area contributed by atoms with Crippen molar-refractivity contribution in [2.24, 2.45) is 0 Å². The summed E-state index contributed by atoms with van der Waals surface area (Å²) in [5.74, 6) is -2.82. The van der Waals surface area contributed by atoms with Crippen molar-refractivity contribution < 1.29 is 22.3 Å². The molecule has 2 aromatic rings. The van der Waals surface area contributed by atoms with Crippen LogP contribution < -0.4 is 4.72 Å². The smallest absolute Gasteiger partial charge is 0.243 e. The Morgan fingerprint density at radius 3 is 2.70 bits per heavy atom. The topological polar surface area (TPSA) is 95.1 Å². The Labute approximate surface area is 113 Å². The second kappa shape index (κ2) is 5.65. The molecule has 0 unspecified atom stereocenters. The molecule has 1 aromatic carbocycles. The Morgan fingerprint density at radius 1 is 1.35 bits per heavy atom. The molecule has 0 atom stereocenters. The van der Waals surface area contributed by atoms with Crippen LogP contribution in [0.3, 0.4) is 0 Å². The number of hydrogen-bond acceptors (Lipinski definition) is 4. The number of H-pyrrole nitrogens is 1. The van der Waals surface area contributed by atoms with Crippen molar-refractivity contribution >= 4 is 10.0 Å². The highest BCUT2D eigenvalue weighted by molar-refractivity contribution is 7.89. The van der Waals surface area contributed by atoms with E-state index in [9.17, 15) is 17.2 Å². The average molecular weight is 303 g/mol. The summed E-state index contributed by atoms with van der Waals surface area (Å²) >= 11 is 0. The summed E-state index contributed by atoms with van der Waals surface area (Å²) in [5, 5.41) is 8.91. The number of aromatic nitrogens is 2. The number of sulfonamides is 1.